The first-order valence-corrected chi connectivity index (χ1v) is 12.0. The molecule has 184 valence electrons. The number of aromatic nitrogens is 3. The molecule has 0 spiro atoms. The maximum Gasteiger partial charge on any atom is 0.404 e. The van der Waals surface area contributed by atoms with E-state index < -0.39 is 6.09 Å². The number of ether oxygens (including phenoxy) is 2. The third kappa shape index (κ3) is 5.83. The van der Waals surface area contributed by atoms with Gasteiger partial charge in [-0.2, -0.15) is 10.4 Å². The quantitative estimate of drug-likeness (QED) is 0.512. The number of pyridine rings is 1. The highest BCUT2D eigenvalue weighted by atomic mass is 16.5. The first kappa shape index (κ1) is 24.3. The molecule has 2 aromatic heterocycles. The van der Waals surface area contributed by atoms with E-state index in [-0.39, 0.29) is 0 Å². The number of methoxy groups -OCH3 is 2. The molecule has 1 aromatic carbocycles. The Bertz CT molecular complexity index is 1220. The lowest BCUT2D eigenvalue weighted by Gasteiger charge is -2.20. The number of rotatable bonds is 6. The van der Waals surface area contributed by atoms with Crippen molar-refractivity contribution in [2.45, 2.75) is 50.9 Å². The maximum atomic E-state index is 10.1. The zero-order valence-electron chi connectivity index (χ0n) is 20.2. The molecule has 9 heteroatoms. The van der Waals surface area contributed by atoms with Crippen molar-refractivity contribution in [1.82, 2.24) is 19.9 Å². The molecular weight excluding hydrogens is 446 g/mol. The topological polar surface area (TPSA) is 122 Å². The summed E-state index contributed by atoms with van der Waals surface area (Å²) in [7, 11) is 3.19. The molecule has 0 unspecified atom stereocenters. The summed E-state index contributed by atoms with van der Waals surface area (Å²) in [4.78, 5) is 14.8. The predicted octanol–water partition coefficient (Wildman–Crippen LogP) is 5.00. The molecule has 2 aliphatic carbocycles. The summed E-state index contributed by atoms with van der Waals surface area (Å²) in [5.41, 5.74) is 3.00. The SMILES string of the molecule is COc1cc(-c2ccc(OC)c3nc(C4CC4)nn23)ccc1C#N.O=C(O)NCC1CCCCC1. The number of nitriles is 1. The van der Waals surface area contributed by atoms with Gasteiger partial charge in [-0.15, -0.1) is 0 Å². The molecule has 0 radical (unpaired) electrons. The van der Waals surface area contributed by atoms with Gasteiger partial charge >= 0.3 is 6.09 Å². The zero-order valence-corrected chi connectivity index (χ0v) is 20.2. The van der Waals surface area contributed by atoms with Crippen LogP contribution in [0.5, 0.6) is 11.5 Å². The summed E-state index contributed by atoms with van der Waals surface area (Å²) in [5.74, 6) is 3.15. The minimum Gasteiger partial charge on any atom is -0.495 e. The minimum absolute atomic E-state index is 0.456. The average molecular weight is 478 g/mol. The Hall–Kier alpha value is -3.80. The molecule has 35 heavy (non-hydrogen) atoms. The molecule has 0 bridgehead atoms. The number of carbonyl (C=O) groups is 1. The highest BCUT2D eigenvalue weighted by Crippen LogP contribution is 2.39. The lowest BCUT2D eigenvalue weighted by atomic mass is 9.89. The van der Waals surface area contributed by atoms with Gasteiger partial charge in [-0.25, -0.2) is 14.3 Å². The number of carboxylic acid groups (broad SMARTS) is 1. The van der Waals surface area contributed by atoms with Gasteiger partial charge in [-0.05, 0) is 55.9 Å². The van der Waals surface area contributed by atoms with Crippen LogP contribution in [0.15, 0.2) is 30.3 Å². The molecule has 2 aliphatic rings. The maximum absolute atomic E-state index is 10.1. The van der Waals surface area contributed by atoms with Crippen molar-refractivity contribution in [3.05, 3.63) is 41.7 Å². The minimum atomic E-state index is -0.893. The highest BCUT2D eigenvalue weighted by molar-refractivity contribution is 5.69. The fourth-order valence-corrected chi connectivity index (χ4v) is 4.41. The van der Waals surface area contributed by atoms with E-state index in [1.165, 1.54) is 32.1 Å². The van der Waals surface area contributed by atoms with Crippen LogP contribution in [0.3, 0.4) is 0 Å². The fourth-order valence-electron chi connectivity index (χ4n) is 4.41. The Balaban J connectivity index is 0.000000221. The first-order valence-electron chi connectivity index (χ1n) is 12.0. The molecule has 5 rings (SSSR count). The predicted molar refractivity (Wildman–Crippen MR) is 131 cm³/mol. The Morgan fingerprint density at radius 1 is 1.11 bits per heavy atom. The van der Waals surface area contributed by atoms with Gasteiger partial charge in [-0.1, -0.05) is 25.3 Å². The number of hydrogen-bond donors (Lipinski definition) is 2. The molecule has 2 fully saturated rings. The molecule has 0 atom stereocenters. The van der Waals surface area contributed by atoms with Gasteiger partial charge in [0.15, 0.2) is 17.2 Å². The number of hydrogen-bond acceptors (Lipinski definition) is 6. The summed E-state index contributed by atoms with van der Waals surface area (Å²) >= 11 is 0. The largest absolute Gasteiger partial charge is 0.495 e. The Kier molecular flexibility index (Phi) is 7.70. The van der Waals surface area contributed by atoms with Crippen LogP contribution in [-0.2, 0) is 0 Å². The van der Waals surface area contributed by atoms with Crippen LogP contribution < -0.4 is 14.8 Å². The number of benzene rings is 1. The smallest absolute Gasteiger partial charge is 0.404 e. The molecule has 0 aliphatic heterocycles. The summed E-state index contributed by atoms with van der Waals surface area (Å²) < 4.78 is 12.6. The lowest BCUT2D eigenvalue weighted by Crippen LogP contribution is -2.28. The number of amides is 1. The van der Waals surface area contributed by atoms with Gasteiger partial charge in [-0.3, -0.25) is 0 Å². The fraction of sp³-hybridized carbons (Fsp3) is 0.462. The van der Waals surface area contributed by atoms with E-state index in [1.807, 2.05) is 28.8 Å². The van der Waals surface area contributed by atoms with Gasteiger partial charge in [0.1, 0.15) is 11.8 Å². The van der Waals surface area contributed by atoms with Crippen molar-refractivity contribution in [2.75, 3.05) is 20.8 Å². The Morgan fingerprint density at radius 2 is 1.86 bits per heavy atom. The molecule has 0 saturated heterocycles. The van der Waals surface area contributed by atoms with Crippen molar-refractivity contribution in [3.63, 3.8) is 0 Å². The van der Waals surface area contributed by atoms with Crippen LogP contribution in [-0.4, -0.2) is 46.6 Å². The number of nitrogens with one attached hydrogen (secondary N) is 1. The van der Waals surface area contributed by atoms with Crippen LogP contribution in [0.1, 0.15) is 62.3 Å². The molecule has 2 N–H and O–H groups in total. The number of nitrogens with zero attached hydrogens (tertiary/aromatic N) is 4. The van der Waals surface area contributed by atoms with Crippen LogP contribution in [0.2, 0.25) is 0 Å². The summed E-state index contributed by atoms with van der Waals surface area (Å²) in [6.07, 6.45) is 7.64. The van der Waals surface area contributed by atoms with Crippen LogP contribution >= 0.6 is 0 Å². The van der Waals surface area contributed by atoms with Crippen molar-refractivity contribution >= 4 is 11.7 Å². The third-order valence-corrected chi connectivity index (χ3v) is 6.51. The Morgan fingerprint density at radius 3 is 2.49 bits per heavy atom. The van der Waals surface area contributed by atoms with Crippen molar-refractivity contribution in [2.24, 2.45) is 5.92 Å². The summed E-state index contributed by atoms with van der Waals surface area (Å²) in [6.45, 7) is 0.648. The van der Waals surface area contributed by atoms with Gasteiger partial charge in [0.25, 0.3) is 0 Å². The monoisotopic (exact) mass is 477 g/mol. The molecule has 2 saturated carbocycles. The van der Waals surface area contributed by atoms with E-state index in [0.717, 1.165) is 29.9 Å². The molecule has 2 heterocycles. The van der Waals surface area contributed by atoms with E-state index in [1.54, 1.807) is 20.3 Å². The van der Waals surface area contributed by atoms with Gasteiger partial charge in [0.05, 0.1) is 25.5 Å². The van der Waals surface area contributed by atoms with Crippen molar-refractivity contribution in [3.8, 4) is 28.8 Å². The second kappa shape index (κ2) is 11.1. The summed E-state index contributed by atoms with van der Waals surface area (Å²) in [6, 6.07) is 11.4. The standard InChI is InChI=1S/C18H16N4O2.C8H15NO2/c1-23-15-8-7-14(12-5-6-13(10-19)16(9-12)24-2)22-18(15)20-17(21-22)11-3-4-11;10-8(11)9-6-7-4-2-1-3-5-7/h5-9,11H,3-4H2,1-2H3;7,9H,1-6H2,(H,10,11). The van der Waals surface area contributed by atoms with E-state index in [2.05, 4.69) is 21.5 Å². The van der Waals surface area contributed by atoms with Crippen molar-refractivity contribution in [1.29, 1.82) is 5.26 Å². The van der Waals surface area contributed by atoms with Crippen LogP contribution in [0.4, 0.5) is 4.79 Å². The lowest BCUT2D eigenvalue weighted by molar-refractivity contribution is 0.190. The first-order chi connectivity index (χ1) is 17.0. The van der Waals surface area contributed by atoms with Crippen LogP contribution in [0.25, 0.3) is 16.9 Å². The average Bonchev–Trinajstić information content (AvgIpc) is 3.65. The molecule has 9 nitrogen and oxygen atoms in total. The normalized spacial score (nSPS) is 15.6. The van der Waals surface area contributed by atoms with Crippen LogP contribution in [0, 0.1) is 17.2 Å². The number of fused-ring (bicyclic) bond motifs is 1. The van der Waals surface area contributed by atoms with Gasteiger partial charge in [0.2, 0.25) is 0 Å². The summed E-state index contributed by atoms with van der Waals surface area (Å²) in [5, 5.41) is 24.6. The molecular formula is C26H31N5O4. The molecule has 3 aromatic rings. The Labute approximate surface area is 204 Å². The highest BCUT2D eigenvalue weighted by Gasteiger charge is 2.29. The van der Waals surface area contributed by atoms with Crippen molar-refractivity contribution < 1.29 is 19.4 Å². The van der Waals surface area contributed by atoms with E-state index in [9.17, 15) is 4.79 Å². The second-order valence-electron chi connectivity index (χ2n) is 8.98. The van der Waals surface area contributed by atoms with E-state index in [0.29, 0.717) is 41.1 Å². The van der Waals surface area contributed by atoms with E-state index >= 15 is 0 Å². The second-order valence-corrected chi connectivity index (χ2v) is 8.98. The van der Waals surface area contributed by atoms with E-state index in [4.69, 9.17) is 19.8 Å². The molecule has 1 amide bonds. The third-order valence-electron chi connectivity index (χ3n) is 6.51. The van der Waals surface area contributed by atoms with Gasteiger partial charge < -0.3 is 19.9 Å². The van der Waals surface area contributed by atoms with Gasteiger partial charge in [0, 0.05) is 18.0 Å². The zero-order chi connectivity index (χ0) is 24.8.